The standard InChI is InChI=1S/C22H36O2/c1-6-21(16(2)3)18-12-14-20(15-13-18)24-22(17(4)5)23-19-10-8-7-9-11-19/h12-17,19,21-22H,6-11H2,1-5H3. The van der Waals surface area contributed by atoms with E-state index in [0.717, 1.165) is 5.75 Å². The maximum absolute atomic E-state index is 6.27. The van der Waals surface area contributed by atoms with Crippen LogP contribution in [0.4, 0.5) is 0 Å². The number of benzene rings is 1. The van der Waals surface area contributed by atoms with Gasteiger partial charge < -0.3 is 9.47 Å². The molecule has 0 aliphatic heterocycles. The molecule has 136 valence electrons. The molecule has 1 aromatic rings. The van der Waals surface area contributed by atoms with Gasteiger partial charge in [0.25, 0.3) is 0 Å². The zero-order valence-corrected chi connectivity index (χ0v) is 16.3. The van der Waals surface area contributed by atoms with Crippen LogP contribution in [0.1, 0.15) is 84.6 Å². The van der Waals surface area contributed by atoms with E-state index in [1.54, 1.807) is 0 Å². The van der Waals surface area contributed by atoms with Gasteiger partial charge in [-0.05, 0) is 48.8 Å². The first-order chi connectivity index (χ1) is 11.5. The third-order valence-corrected chi connectivity index (χ3v) is 5.23. The first-order valence-electron chi connectivity index (χ1n) is 9.93. The second kappa shape index (κ2) is 9.46. The van der Waals surface area contributed by atoms with Crippen molar-refractivity contribution in [2.75, 3.05) is 0 Å². The summed E-state index contributed by atoms with van der Waals surface area (Å²) < 4.78 is 12.5. The lowest BCUT2D eigenvalue weighted by atomic mass is 9.86. The fraction of sp³-hybridized carbons (Fsp3) is 0.727. The highest BCUT2D eigenvalue weighted by Crippen LogP contribution is 2.30. The van der Waals surface area contributed by atoms with E-state index in [4.69, 9.17) is 9.47 Å². The third kappa shape index (κ3) is 5.51. The SMILES string of the molecule is CCC(c1ccc(OC(OC2CCCCC2)C(C)C)cc1)C(C)C. The summed E-state index contributed by atoms with van der Waals surface area (Å²) in [7, 11) is 0. The van der Waals surface area contributed by atoms with E-state index in [-0.39, 0.29) is 6.29 Å². The Kier molecular flexibility index (Phi) is 7.61. The lowest BCUT2D eigenvalue weighted by molar-refractivity contribution is -0.150. The summed E-state index contributed by atoms with van der Waals surface area (Å²) in [5.41, 5.74) is 1.41. The van der Waals surface area contributed by atoms with Gasteiger partial charge in [-0.3, -0.25) is 0 Å². The van der Waals surface area contributed by atoms with Crippen LogP contribution in [-0.4, -0.2) is 12.4 Å². The number of hydrogen-bond acceptors (Lipinski definition) is 2. The van der Waals surface area contributed by atoms with Gasteiger partial charge in [0.2, 0.25) is 6.29 Å². The molecule has 2 rings (SSSR count). The molecule has 0 heterocycles. The molecule has 0 N–H and O–H groups in total. The molecule has 0 amide bonds. The van der Waals surface area contributed by atoms with Crippen molar-refractivity contribution in [3.05, 3.63) is 29.8 Å². The summed E-state index contributed by atoms with van der Waals surface area (Å²) in [5.74, 6) is 2.57. The van der Waals surface area contributed by atoms with Crippen LogP contribution >= 0.6 is 0 Å². The van der Waals surface area contributed by atoms with Gasteiger partial charge in [-0.25, -0.2) is 0 Å². The molecular weight excluding hydrogens is 296 g/mol. The van der Waals surface area contributed by atoms with Gasteiger partial charge in [0.1, 0.15) is 5.75 Å². The van der Waals surface area contributed by atoms with Gasteiger partial charge in [-0.1, -0.05) is 66.0 Å². The predicted molar refractivity (Wildman–Crippen MR) is 102 cm³/mol. The topological polar surface area (TPSA) is 18.5 Å². The van der Waals surface area contributed by atoms with Crippen LogP contribution in [0.25, 0.3) is 0 Å². The molecule has 2 unspecified atom stereocenters. The molecule has 1 fully saturated rings. The second-order valence-electron chi connectivity index (χ2n) is 7.95. The van der Waals surface area contributed by atoms with Crippen molar-refractivity contribution in [1.29, 1.82) is 0 Å². The predicted octanol–water partition coefficient (Wildman–Crippen LogP) is 6.55. The van der Waals surface area contributed by atoms with E-state index in [9.17, 15) is 0 Å². The smallest absolute Gasteiger partial charge is 0.202 e. The van der Waals surface area contributed by atoms with E-state index in [1.807, 2.05) is 0 Å². The first kappa shape index (κ1) is 19.3. The van der Waals surface area contributed by atoms with Crippen LogP contribution in [0.3, 0.4) is 0 Å². The fourth-order valence-electron chi connectivity index (χ4n) is 3.73. The normalized spacial score (nSPS) is 18.8. The van der Waals surface area contributed by atoms with Crippen LogP contribution in [0.15, 0.2) is 24.3 Å². The van der Waals surface area contributed by atoms with Crippen LogP contribution in [-0.2, 0) is 4.74 Å². The van der Waals surface area contributed by atoms with Gasteiger partial charge in [0.05, 0.1) is 6.10 Å². The minimum absolute atomic E-state index is 0.147. The van der Waals surface area contributed by atoms with E-state index in [1.165, 1.54) is 44.1 Å². The Hall–Kier alpha value is -1.02. The summed E-state index contributed by atoms with van der Waals surface area (Å²) in [6.07, 6.45) is 7.69. The van der Waals surface area contributed by atoms with Gasteiger partial charge >= 0.3 is 0 Å². The fourth-order valence-corrected chi connectivity index (χ4v) is 3.73. The minimum Gasteiger partial charge on any atom is -0.465 e. The molecule has 2 nitrogen and oxygen atoms in total. The molecule has 1 aromatic carbocycles. The molecule has 2 heteroatoms. The van der Waals surface area contributed by atoms with Gasteiger partial charge in [-0.15, -0.1) is 0 Å². The Morgan fingerprint density at radius 2 is 1.54 bits per heavy atom. The Bertz CT molecular complexity index is 457. The molecule has 24 heavy (non-hydrogen) atoms. The summed E-state index contributed by atoms with van der Waals surface area (Å²) in [6, 6.07) is 8.67. The highest BCUT2D eigenvalue weighted by atomic mass is 16.7. The second-order valence-corrected chi connectivity index (χ2v) is 7.95. The monoisotopic (exact) mass is 332 g/mol. The molecule has 0 aromatic heterocycles. The van der Waals surface area contributed by atoms with Crippen molar-refractivity contribution in [2.24, 2.45) is 11.8 Å². The largest absolute Gasteiger partial charge is 0.465 e. The lowest BCUT2D eigenvalue weighted by Crippen LogP contribution is -2.32. The molecule has 0 spiro atoms. The molecule has 1 aliphatic carbocycles. The van der Waals surface area contributed by atoms with Crippen molar-refractivity contribution >= 4 is 0 Å². The van der Waals surface area contributed by atoms with Crippen LogP contribution in [0.5, 0.6) is 5.75 Å². The quantitative estimate of drug-likeness (QED) is 0.503. The van der Waals surface area contributed by atoms with Gasteiger partial charge in [-0.2, -0.15) is 0 Å². The summed E-state index contributed by atoms with van der Waals surface area (Å²) in [4.78, 5) is 0. The van der Waals surface area contributed by atoms with Crippen molar-refractivity contribution < 1.29 is 9.47 Å². The van der Waals surface area contributed by atoms with Crippen molar-refractivity contribution in [1.82, 2.24) is 0 Å². The molecule has 0 radical (unpaired) electrons. The van der Waals surface area contributed by atoms with Crippen molar-refractivity contribution in [2.45, 2.75) is 91.5 Å². The summed E-state index contributed by atoms with van der Waals surface area (Å²) in [6.45, 7) is 11.2. The maximum atomic E-state index is 6.27. The maximum Gasteiger partial charge on any atom is 0.202 e. The number of ether oxygens (including phenoxy) is 2. The van der Waals surface area contributed by atoms with Crippen molar-refractivity contribution in [3.63, 3.8) is 0 Å². The Balaban J connectivity index is 1.98. The van der Waals surface area contributed by atoms with Crippen LogP contribution in [0, 0.1) is 11.8 Å². The zero-order valence-electron chi connectivity index (χ0n) is 16.3. The third-order valence-electron chi connectivity index (χ3n) is 5.23. The average molecular weight is 333 g/mol. The van der Waals surface area contributed by atoms with E-state index < -0.39 is 0 Å². The van der Waals surface area contributed by atoms with E-state index >= 15 is 0 Å². The Morgan fingerprint density at radius 1 is 0.917 bits per heavy atom. The highest BCUT2D eigenvalue weighted by molar-refractivity contribution is 5.29. The molecule has 0 saturated heterocycles. The number of rotatable bonds is 8. The minimum atomic E-state index is -0.147. The van der Waals surface area contributed by atoms with E-state index in [0.29, 0.717) is 23.9 Å². The average Bonchev–Trinajstić information content (AvgIpc) is 2.57. The molecule has 1 aliphatic rings. The zero-order chi connectivity index (χ0) is 17.5. The summed E-state index contributed by atoms with van der Waals surface area (Å²) >= 11 is 0. The first-order valence-corrected chi connectivity index (χ1v) is 9.93. The molecular formula is C22H36O2. The van der Waals surface area contributed by atoms with Crippen molar-refractivity contribution in [3.8, 4) is 5.75 Å². The highest BCUT2D eigenvalue weighted by Gasteiger charge is 2.23. The molecule has 0 bridgehead atoms. The lowest BCUT2D eigenvalue weighted by Gasteiger charge is -2.30. The Morgan fingerprint density at radius 3 is 2.04 bits per heavy atom. The van der Waals surface area contributed by atoms with Gasteiger partial charge in [0, 0.05) is 5.92 Å². The molecule has 1 saturated carbocycles. The van der Waals surface area contributed by atoms with E-state index in [2.05, 4.69) is 58.9 Å². The molecule has 2 atom stereocenters. The number of hydrogen-bond donors (Lipinski definition) is 0. The summed E-state index contributed by atoms with van der Waals surface area (Å²) in [5, 5.41) is 0. The Labute approximate surface area is 148 Å². The van der Waals surface area contributed by atoms with Crippen LogP contribution in [0.2, 0.25) is 0 Å². The van der Waals surface area contributed by atoms with Crippen LogP contribution < -0.4 is 4.74 Å². The van der Waals surface area contributed by atoms with Gasteiger partial charge in [0.15, 0.2) is 0 Å².